The Morgan fingerprint density at radius 3 is 2.48 bits per heavy atom. The molecule has 0 saturated carbocycles. The van der Waals surface area contributed by atoms with Gasteiger partial charge in [-0.25, -0.2) is 17.6 Å². The molecule has 1 fully saturated rings. The molecule has 0 unspecified atom stereocenters. The van der Waals surface area contributed by atoms with Crippen molar-refractivity contribution < 1.29 is 22.7 Å². The fourth-order valence-electron chi connectivity index (χ4n) is 3.05. The van der Waals surface area contributed by atoms with Gasteiger partial charge in [0.15, 0.2) is 0 Å². The minimum Gasteiger partial charge on any atom is -0.465 e. The molecule has 7 heteroatoms. The minimum atomic E-state index is -3.00. The Balaban J connectivity index is 2.32. The predicted molar refractivity (Wildman–Crippen MR) is 87.4 cm³/mol. The largest absolute Gasteiger partial charge is 0.465 e. The van der Waals surface area contributed by atoms with Crippen molar-refractivity contribution in [3.05, 3.63) is 29.1 Å². The number of sulfone groups is 1. The molecule has 0 aromatic heterocycles. The number of hydrogen-bond donors (Lipinski definition) is 1. The zero-order valence-electron chi connectivity index (χ0n) is 13.4. The summed E-state index contributed by atoms with van der Waals surface area (Å²) >= 11 is 0. The van der Waals surface area contributed by atoms with Gasteiger partial charge in [0.1, 0.15) is 15.7 Å². The number of rotatable bonds is 4. The molecule has 5 nitrogen and oxygen atoms in total. The first-order chi connectivity index (χ1) is 10.8. The average Bonchev–Trinajstić information content (AvgIpc) is 2.48. The van der Waals surface area contributed by atoms with Gasteiger partial charge in [0.05, 0.1) is 17.2 Å². The Morgan fingerprint density at radius 1 is 1.35 bits per heavy atom. The molecule has 23 heavy (non-hydrogen) atoms. The molecule has 1 aromatic carbocycles. The normalized spacial score (nSPS) is 17.9. The topological polar surface area (TPSA) is 74.7 Å². The predicted octanol–water partition coefficient (Wildman–Crippen LogP) is 3.32. The first-order valence-electron chi connectivity index (χ1n) is 7.76. The van der Waals surface area contributed by atoms with Crippen LogP contribution in [-0.4, -0.2) is 37.7 Å². The second-order valence-corrected chi connectivity index (χ2v) is 8.28. The van der Waals surface area contributed by atoms with Gasteiger partial charge in [0.25, 0.3) is 0 Å². The Morgan fingerprint density at radius 2 is 1.96 bits per heavy atom. The lowest BCUT2D eigenvalue weighted by molar-refractivity contribution is 0.201. The lowest BCUT2D eigenvalue weighted by Crippen LogP contribution is -2.31. The van der Waals surface area contributed by atoms with E-state index in [0.29, 0.717) is 42.6 Å². The number of benzene rings is 1. The number of hydrogen-bond acceptors (Lipinski definition) is 3. The van der Waals surface area contributed by atoms with Gasteiger partial charge in [-0.2, -0.15) is 0 Å². The van der Waals surface area contributed by atoms with E-state index in [1.54, 1.807) is 19.1 Å². The van der Waals surface area contributed by atoms with Crippen LogP contribution in [0.15, 0.2) is 12.1 Å². The molecule has 0 bridgehead atoms. The smallest absolute Gasteiger partial charge is 0.411 e. The molecule has 1 N–H and O–H groups in total. The van der Waals surface area contributed by atoms with E-state index in [2.05, 4.69) is 0 Å². The fourth-order valence-corrected chi connectivity index (χ4v) is 4.54. The van der Waals surface area contributed by atoms with E-state index in [-0.39, 0.29) is 17.4 Å². The van der Waals surface area contributed by atoms with Gasteiger partial charge in [0.2, 0.25) is 0 Å². The van der Waals surface area contributed by atoms with Crippen molar-refractivity contribution in [3.63, 3.8) is 0 Å². The van der Waals surface area contributed by atoms with Crippen LogP contribution >= 0.6 is 0 Å². The molecule has 0 spiro atoms. The maximum atomic E-state index is 14.7. The lowest BCUT2D eigenvalue weighted by atomic mass is 9.91. The average molecular weight is 343 g/mol. The monoisotopic (exact) mass is 343 g/mol. The number of anilines is 1. The van der Waals surface area contributed by atoms with Crippen LogP contribution in [0.5, 0.6) is 0 Å². The maximum Gasteiger partial charge on any atom is 0.411 e. The van der Waals surface area contributed by atoms with Crippen molar-refractivity contribution in [1.82, 2.24) is 0 Å². The quantitative estimate of drug-likeness (QED) is 0.910. The summed E-state index contributed by atoms with van der Waals surface area (Å²) < 4.78 is 37.7. The van der Waals surface area contributed by atoms with Crippen molar-refractivity contribution in [1.29, 1.82) is 0 Å². The number of carbonyl (C=O) groups is 1. The van der Waals surface area contributed by atoms with Crippen LogP contribution in [0.25, 0.3) is 0 Å². The Bertz CT molecular complexity index is 688. The van der Waals surface area contributed by atoms with Crippen LogP contribution < -0.4 is 4.90 Å². The third-order valence-electron chi connectivity index (χ3n) is 4.35. The van der Waals surface area contributed by atoms with Gasteiger partial charge >= 0.3 is 6.09 Å². The molecule has 1 saturated heterocycles. The van der Waals surface area contributed by atoms with Crippen LogP contribution in [0.3, 0.4) is 0 Å². The van der Waals surface area contributed by atoms with Gasteiger partial charge in [-0.3, -0.25) is 4.90 Å². The van der Waals surface area contributed by atoms with Crippen molar-refractivity contribution in [2.24, 2.45) is 0 Å². The van der Waals surface area contributed by atoms with Gasteiger partial charge in [-0.1, -0.05) is 13.0 Å². The van der Waals surface area contributed by atoms with Gasteiger partial charge in [-0.15, -0.1) is 0 Å². The molecular formula is C16H22FNO4S. The molecule has 1 amide bonds. The molecule has 1 aliphatic heterocycles. The summed E-state index contributed by atoms with van der Waals surface area (Å²) in [7, 11) is -3.00. The molecule has 2 rings (SSSR count). The molecule has 0 radical (unpaired) electrons. The molecular weight excluding hydrogens is 321 g/mol. The van der Waals surface area contributed by atoms with E-state index in [1.165, 1.54) is 0 Å². The third-order valence-corrected chi connectivity index (χ3v) is 6.07. The van der Waals surface area contributed by atoms with Crippen LogP contribution in [0.1, 0.15) is 43.2 Å². The summed E-state index contributed by atoms with van der Waals surface area (Å²) in [6, 6.07) is 3.23. The SMILES string of the molecule is CCCN(C(=O)O)c1ccc(C2CCS(=O)(=O)CC2)c(F)c1C. The third kappa shape index (κ3) is 3.83. The first kappa shape index (κ1) is 17.7. The van der Waals surface area contributed by atoms with E-state index >= 15 is 0 Å². The summed E-state index contributed by atoms with van der Waals surface area (Å²) in [6.45, 7) is 3.73. The highest BCUT2D eigenvalue weighted by molar-refractivity contribution is 7.91. The standard InChI is InChI=1S/C16H22FNO4S/c1-3-8-18(16(19)20)14-5-4-13(15(17)11(14)2)12-6-9-23(21,22)10-7-12/h4-5,12H,3,6-10H2,1-2H3,(H,19,20). The number of carboxylic acid groups (broad SMARTS) is 1. The van der Waals surface area contributed by atoms with Crippen LogP contribution in [0.4, 0.5) is 14.9 Å². The Hall–Kier alpha value is -1.63. The van der Waals surface area contributed by atoms with Crippen molar-refractivity contribution in [2.45, 2.75) is 39.0 Å². The van der Waals surface area contributed by atoms with Crippen LogP contribution in [0, 0.1) is 12.7 Å². The van der Waals surface area contributed by atoms with Gasteiger partial charge in [-0.05, 0) is 43.7 Å². The van der Waals surface area contributed by atoms with Crippen molar-refractivity contribution >= 4 is 21.6 Å². The highest BCUT2D eigenvalue weighted by atomic mass is 32.2. The Labute approximate surface area is 136 Å². The maximum absolute atomic E-state index is 14.7. The number of halogens is 1. The summed E-state index contributed by atoms with van der Waals surface area (Å²) in [5, 5.41) is 9.29. The molecule has 128 valence electrons. The lowest BCUT2D eigenvalue weighted by Gasteiger charge is -2.26. The summed E-state index contributed by atoms with van der Waals surface area (Å²) in [5.41, 5.74) is 1.14. The summed E-state index contributed by atoms with van der Waals surface area (Å²) in [5.74, 6) is -0.394. The fraction of sp³-hybridized carbons (Fsp3) is 0.562. The van der Waals surface area contributed by atoms with E-state index in [0.717, 1.165) is 4.90 Å². The molecule has 0 aliphatic carbocycles. The zero-order valence-corrected chi connectivity index (χ0v) is 14.2. The highest BCUT2D eigenvalue weighted by Crippen LogP contribution is 2.35. The number of nitrogens with zero attached hydrogens (tertiary/aromatic N) is 1. The van der Waals surface area contributed by atoms with E-state index in [9.17, 15) is 22.7 Å². The summed E-state index contributed by atoms with van der Waals surface area (Å²) in [4.78, 5) is 12.5. The van der Waals surface area contributed by atoms with E-state index < -0.39 is 21.7 Å². The van der Waals surface area contributed by atoms with Crippen LogP contribution in [0.2, 0.25) is 0 Å². The molecule has 0 atom stereocenters. The number of amides is 1. The van der Waals surface area contributed by atoms with Crippen LogP contribution in [-0.2, 0) is 9.84 Å². The van der Waals surface area contributed by atoms with Gasteiger partial charge < -0.3 is 5.11 Å². The highest BCUT2D eigenvalue weighted by Gasteiger charge is 2.28. The second kappa shape index (κ2) is 6.86. The second-order valence-electron chi connectivity index (χ2n) is 5.97. The van der Waals surface area contributed by atoms with Crippen molar-refractivity contribution in [2.75, 3.05) is 23.0 Å². The van der Waals surface area contributed by atoms with E-state index in [1.807, 2.05) is 6.92 Å². The zero-order chi connectivity index (χ0) is 17.2. The minimum absolute atomic E-state index is 0.0784. The molecule has 1 heterocycles. The Kier molecular flexibility index (Phi) is 5.29. The summed E-state index contributed by atoms with van der Waals surface area (Å²) in [6.07, 6.45) is 0.354. The van der Waals surface area contributed by atoms with Crippen molar-refractivity contribution in [3.8, 4) is 0 Å². The first-order valence-corrected chi connectivity index (χ1v) is 9.59. The van der Waals surface area contributed by atoms with Gasteiger partial charge in [0, 0.05) is 12.1 Å². The molecule has 1 aromatic rings. The van der Waals surface area contributed by atoms with E-state index in [4.69, 9.17) is 0 Å². The molecule has 1 aliphatic rings.